The Morgan fingerprint density at radius 3 is 2.68 bits per heavy atom. The topological polar surface area (TPSA) is 70.0 Å². The Bertz CT molecular complexity index is 527. The van der Waals surface area contributed by atoms with Gasteiger partial charge in [-0.15, -0.1) is 0 Å². The molecule has 1 amide bonds. The molecule has 1 N–H and O–H groups in total. The first-order valence-corrected chi connectivity index (χ1v) is 7.33. The van der Waals surface area contributed by atoms with E-state index in [0.29, 0.717) is 17.0 Å². The summed E-state index contributed by atoms with van der Waals surface area (Å²) in [7, 11) is -1.04. The molecule has 1 aromatic rings. The van der Waals surface area contributed by atoms with Crippen LogP contribution in [0.4, 0.5) is 5.69 Å². The molecule has 0 heterocycles. The molecule has 19 heavy (non-hydrogen) atoms. The largest absolute Gasteiger partial charge is 0.326 e. The second-order valence-electron chi connectivity index (χ2n) is 5.15. The van der Waals surface area contributed by atoms with Crippen LogP contribution >= 0.6 is 0 Å². The minimum atomic E-state index is -1.04. The van der Waals surface area contributed by atoms with Crippen molar-refractivity contribution >= 4 is 22.4 Å². The lowest BCUT2D eigenvalue weighted by Crippen LogP contribution is -2.26. The molecule has 0 aliphatic heterocycles. The molecule has 0 aliphatic carbocycles. The first kappa shape index (κ1) is 15.4. The van der Waals surface area contributed by atoms with E-state index in [2.05, 4.69) is 5.32 Å². The number of nitrogens with one attached hydrogen (secondary N) is 1. The number of amides is 1. The second kappa shape index (κ2) is 6.48. The van der Waals surface area contributed by atoms with Crippen LogP contribution < -0.4 is 5.32 Å². The Morgan fingerprint density at radius 2 is 2.11 bits per heavy atom. The molecule has 1 atom stereocenters. The van der Waals surface area contributed by atoms with Gasteiger partial charge in [0.25, 0.3) is 0 Å². The quantitative estimate of drug-likeness (QED) is 0.919. The van der Waals surface area contributed by atoms with Gasteiger partial charge in [-0.1, -0.05) is 6.07 Å². The Hall–Kier alpha value is -1.67. The maximum absolute atomic E-state index is 11.8. The summed E-state index contributed by atoms with van der Waals surface area (Å²) in [5.74, 6) is 0.153. The highest BCUT2D eigenvalue weighted by atomic mass is 32.2. The first-order chi connectivity index (χ1) is 8.82. The van der Waals surface area contributed by atoms with Crippen LogP contribution in [0, 0.1) is 11.3 Å². The molecule has 1 aromatic carbocycles. The van der Waals surface area contributed by atoms with Crippen LogP contribution in [0.1, 0.15) is 32.8 Å². The van der Waals surface area contributed by atoms with Gasteiger partial charge < -0.3 is 5.32 Å². The molecule has 0 radical (unpaired) electrons. The van der Waals surface area contributed by atoms with Gasteiger partial charge >= 0.3 is 0 Å². The summed E-state index contributed by atoms with van der Waals surface area (Å²) in [6, 6.07) is 8.72. The number of benzene rings is 1. The summed E-state index contributed by atoms with van der Waals surface area (Å²) < 4.78 is 11.5. The highest BCUT2D eigenvalue weighted by molar-refractivity contribution is 7.86. The van der Waals surface area contributed by atoms with Crippen molar-refractivity contribution < 1.29 is 9.00 Å². The zero-order chi connectivity index (χ0) is 14.5. The zero-order valence-corrected chi connectivity index (χ0v) is 12.2. The van der Waals surface area contributed by atoms with Gasteiger partial charge in [-0.05, 0) is 39.0 Å². The molecule has 0 aromatic heterocycles. The predicted molar refractivity (Wildman–Crippen MR) is 77.2 cm³/mol. The molecule has 0 aliphatic rings. The monoisotopic (exact) mass is 278 g/mol. The predicted octanol–water partition coefficient (Wildman–Crippen LogP) is 2.43. The van der Waals surface area contributed by atoms with Crippen molar-refractivity contribution in [1.29, 1.82) is 5.26 Å². The van der Waals surface area contributed by atoms with Crippen molar-refractivity contribution in [2.24, 2.45) is 0 Å². The normalized spacial score (nSPS) is 12.5. The number of anilines is 1. The molecular formula is C14H18N2O2S. The van der Waals surface area contributed by atoms with Crippen molar-refractivity contribution in [3.63, 3.8) is 0 Å². The van der Waals surface area contributed by atoms with Crippen LogP contribution in [0.5, 0.6) is 0 Å². The molecule has 1 unspecified atom stereocenters. The smallest absolute Gasteiger partial charge is 0.225 e. The molecule has 0 bridgehead atoms. The summed E-state index contributed by atoms with van der Waals surface area (Å²) in [4.78, 5) is 11.7. The molecule has 5 heteroatoms. The number of nitriles is 1. The maximum atomic E-state index is 11.8. The second-order valence-corrected chi connectivity index (χ2v) is 7.48. The molecule has 0 saturated heterocycles. The van der Waals surface area contributed by atoms with E-state index in [9.17, 15) is 9.00 Å². The van der Waals surface area contributed by atoms with Crippen LogP contribution in [0.25, 0.3) is 0 Å². The lowest BCUT2D eigenvalue weighted by molar-refractivity contribution is -0.115. The number of rotatable bonds is 4. The van der Waals surface area contributed by atoms with E-state index < -0.39 is 10.8 Å². The van der Waals surface area contributed by atoms with Gasteiger partial charge in [0.05, 0.1) is 11.6 Å². The number of hydrogen-bond donors (Lipinski definition) is 1. The van der Waals surface area contributed by atoms with Gasteiger partial charge in [0.2, 0.25) is 5.91 Å². The van der Waals surface area contributed by atoms with Crippen LogP contribution in [0.2, 0.25) is 0 Å². The third-order valence-electron chi connectivity index (χ3n) is 2.47. The molecule has 0 fully saturated rings. The van der Waals surface area contributed by atoms with Crippen molar-refractivity contribution in [1.82, 2.24) is 0 Å². The van der Waals surface area contributed by atoms with Crippen molar-refractivity contribution in [3.05, 3.63) is 29.8 Å². The fourth-order valence-corrected chi connectivity index (χ4v) is 2.36. The highest BCUT2D eigenvalue weighted by Gasteiger charge is 2.19. The van der Waals surface area contributed by atoms with Crippen LogP contribution in [0.3, 0.4) is 0 Å². The average molecular weight is 278 g/mol. The number of nitrogens with zero attached hydrogens (tertiary/aromatic N) is 1. The minimum Gasteiger partial charge on any atom is -0.326 e. The summed E-state index contributed by atoms with van der Waals surface area (Å²) in [6.45, 7) is 5.66. The standard InChI is InChI=1S/C14H18N2O2S/c1-14(2,3)19(18)8-7-13(17)16-12-6-4-5-11(9-12)10-15/h4-6,9H,7-8H2,1-3H3,(H,16,17). The third-order valence-corrected chi connectivity index (χ3v) is 4.41. The lowest BCUT2D eigenvalue weighted by Gasteiger charge is -2.17. The summed E-state index contributed by atoms with van der Waals surface area (Å²) >= 11 is 0. The van der Waals surface area contributed by atoms with E-state index in [0.717, 1.165) is 0 Å². The fraction of sp³-hybridized carbons (Fsp3) is 0.429. The van der Waals surface area contributed by atoms with Gasteiger partial charge in [-0.25, -0.2) is 0 Å². The molecule has 0 spiro atoms. The lowest BCUT2D eigenvalue weighted by atomic mass is 10.2. The van der Waals surface area contributed by atoms with Gasteiger partial charge in [-0.3, -0.25) is 9.00 Å². The Kier molecular flexibility index (Phi) is 5.25. The number of hydrogen-bond acceptors (Lipinski definition) is 3. The van der Waals surface area contributed by atoms with E-state index in [1.54, 1.807) is 24.3 Å². The zero-order valence-electron chi connectivity index (χ0n) is 11.4. The number of carbonyl (C=O) groups excluding carboxylic acids is 1. The summed E-state index contributed by atoms with van der Waals surface area (Å²) in [5.41, 5.74) is 1.08. The van der Waals surface area contributed by atoms with Gasteiger partial charge in [0.1, 0.15) is 0 Å². The minimum absolute atomic E-state index is 0.187. The van der Waals surface area contributed by atoms with Gasteiger partial charge in [0, 0.05) is 33.4 Å². The van der Waals surface area contributed by atoms with Crippen molar-refractivity contribution in [3.8, 4) is 6.07 Å². The van der Waals surface area contributed by atoms with Crippen LogP contribution in [-0.4, -0.2) is 20.6 Å². The molecule has 1 rings (SSSR count). The third kappa shape index (κ3) is 5.23. The summed E-state index contributed by atoms with van der Waals surface area (Å²) in [5, 5.41) is 11.5. The molecule has 0 saturated carbocycles. The first-order valence-electron chi connectivity index (χ1n) is 6.01. The van der Waals surface area contributed by atoms with E-state index in [1.807, 2.05) is 26.8 Å². The van der Waals surface area contributed by atoms with E-state index in [1.165, 1.54) is 0 Å². The maximum Gasteiger partial charge on any atom is 0.225 e. The van der Waals surface area contributed by atoms with E-state index in [4.69, 9.17) is 5.26 Å². The van der Waals surface area contributed by atoms with Crippen LogP contribution in [0.15, 0.2) is 24.3 Å². The van der Waals surface area contributed by atoms with E-state index in [-0.39, 0.29) is 17.1 Å². The van der Waals surface area contributed by atoms with Gasteiger partial charge in [0.15, 0.2) is 0 Å². The average Bonchev–Trinajstić information content (AvgIpc) is 2.35. The molecule has 4 nitrogen and oxygen atoms in total. The van der Waals surface area contributed by atoms with Gasteiger partial charge in [-0.2, -0.15) is 5.26 Å². The highest BCUT2D eigenvalue weighted by Crippen LogP contribution is 2.13. The molecular weight excluding hydrogens is 260 g/mol. The van der Waals surface area contributed by atoms with Crippen LogP contribution in [-0.2, 0) is 15.6 Å². The molecule has 102 valence electrons. The Labute approximate surface area is 116 Å². The van der Waals surface area contributed by atoms with E-state index >= 15 is 0 Å². The number of carbonyl (C=O) groups is 1. The Morgan fingerprint density at radius 1 is 1.42 bits per heavy atom. The fourth-order valence-electron chi connectivity index (χ4n) is 1.38. The Balaban J connectivity index is 2.52. The SMILES string of the molecule is CC(C)(C)S(=O)CCC(=O)Nc1cccc(C#N)c1. The summed E-state index contributed by atoms with van der Waals surface area (Å²) in [6.07, 6.45) is 0.209. The van der Waals surface area contributed by atoms with Crippen molar-refractivity contribution in [2.75, 3.05) is 11.1 Å². The van der Waals surface area contributed by atoms with Crippen molar-refractivity contribution in [2.45, 2.75) is 31.9 Å².